The summed E-state index contributed by atoms with van der Waals surface area (Å²) < 4.78 is 29.9. The van der Waals surface area contributed by atoms with Gasteiger partial charge in [-0.3, -0.25) is 0 Å². The van der Waals surface area contributed by atoms with Crippen LogP contribution in [0.4, 0.5) is 4.39 Å². The van der Waals surface area contributed by atoms with Gasteiger partial charge in [0.25, 0.3) is 0 Å². The zero-order valence-electron chi connectivity index (χ0n) is 19.9. The highest BCUT2D eigenvalue weighted by molar-refractivity contribution is 5.46. The first-order chi connectivity index (χ1) is 17.2. The lowest BCUT2D eigenvalue weighted by Crippen LogP contribution is -2.38. The number of halogens is 1. The molecule has 1 fully saturated rings. The van der Waals surface area contributed by atoms with E-state index in [4.69, 9.17) is 19.9 Å². The third-order valence-electron chi connectivity index (χ3n) is 7.10. The summed E-state index contributed by atoms with van der Waals surface area (Å²) in [6.45, 7) is 2.74. The van der Waals surface area contributed by atoms with Gasteiger partial charge in [0.2, 0.25) is 6.79 Å². The van der Waals surface area contributed by atoms with Gasteiger partial charge >= 0.3 is 0 Å². The third kappa shape index (κ3) is 5.95. The van der Waals surface area contributed by atoms with Crippen LogP contribution < -0.4 is 25.3 Å². The van der Waals surface area contributed by atoms with Gasteiger partial charge in [-0.05, 0) is 79.1 Å². The van der Waals surface area contributed by atoms with Gasteiger partial charge in [0, 0.05) is 24.6 Å². The van der Waals surface area contributed by atoms with Gasteiger partial charge in [0.1, 0.15) is 11.6 Å². The number of piperidine rings is 1. The lowest BCUT2D eigenvalue weighted by Gasteiger charge is -2.32. The molecule has 2 aliphatic heterocycles. The van der Waals surface area contributed by atoms with Crippen LogP contribution in [0.2, 0.25) is 0 Å². The molecule has 184 valence electrons. The van der Waals surface area contributed by atoms with Crippen LogP contribution in [0, 0.1) is 11.7 Å². The van der Waals surface area contributed by atoms with Crippen molar-refractivity contribution < 1.29 is 18.6 Å². The maximum Gasteiger partial charge on any atom is 0.231 e. The van der Waals surface area contributed by atoms with Gasteiger partial charge in [-0.15, -0.1) is 0 Å². The van der Waals surface area contributed by atoms with Crippen LogP contribution in [0.1, 0.15) is 35.4 Å². The van der Waals surface area contributed by atoms with Crippen molar-refractivity contribution in [3.05, 3.63) is 89.2 Å². The number of hydrogen-bond acceptors (Lipinski definition) is 5. The monoisotopic (exact) mass is 476 g/mol. The van der Waals surface area contributed by atoms with Crippen molar-refractivity contribution >= 4 is 0 Å². The first-order valence-corrected chi connectivity index (χ1v) is 12.5. The fourth-order valence-corrected chi connectivity index (χ4v) is 5.14. The van der Waals surface area contributed by atoms with Crippen molar-refractivity contribution in [1.82, 2.24) is 5.32 Å². The SMILES string of the molecule is Fc1ccc([C@@H]2CCNC[C@H]2COc2ccc3c(c2)OCO3)cc1.NC1CCc2ccccc2C1. The van der Waals surface area contributed by atoms with Gasteiger partial charge in [0.15, 0.2) is 11.5 Å². The molecule has 0 radical (unpaired) electrons. The molecule has 3 aliphatic rings. The van der Waals surface area contributed by atoms with Crippen LogP contribution in [-0.4, -0.2) is 32.5 Å². The Bertz CT molecular complexity index is 1120. The average molecular weight is 477 g/mol. The molecule has 3 aromatic rings. The molecule has 5 nitrogen and oxygen atoms in total. The smallest absolute Gasteiger partial charge is 0.231 e. The van der Waals surface area contributed by atoms with Crippen LogP contribution in [0.15, 0.2) is 66.7 Å². The van der Waals surface area contributed by atoms with E-state index in [0.29, 0.717) is 24.5 Å². The summed E-state index contributed by atoms with van der Waals surface area (Å²) in [5.74, 6) is 2.79. The summed E-state index contributed by atoms with van der Waals surface area (Å²) in [7, 11) is 0. The fraction of sp³-hybridized carbons (Fsp3) is 0.379. The molecule has 1 unspecified atom stereocenters. The molecule has 3 aromatic carbocycles. The number of rotatable bonds is 4. The second kappa shape index (κ2) is 11.1. The minimum Gasteiger partial charge on any atom is -0.493 e. The number of benzene rings is 3. The Kier molecular flexibility index (Phi) is 7.50. The Morgan fingerprint density at radius 2 is 1.74 bits per heavy atom. The Morgan fingerprint density at radius 1 is 0.943 bits per heavy atom. The molecule has 0 amide bonds. The molecule has 2 heterocycles. The first kappa shape index (κ1) is 23.6. The molecular weight excluding hydrogens is 443 g/mol. The Labute approximate surface area is 206 Å². The number of fused-ring (bicyclic) bond motifs is 2. The van der Waals surface area contributed by atoms with E-state index in [1.54, 1.807) is 0 Å². The zero-order valence-corrected chi connectivity index (χ0v) is 19.9. The summed E-state index contributed by atoms with van der Waals surface area (Å²) >= 11 is 0. The maximum atomic E-state index is 13.2. The normalized spacial score (nSPS) is 22.5. The Balaban J connectivity index is 0.000000192. The number of nitrogens with one attached hydrogen (secondary N) is 1. The molecule has 1 aliphatic carbocycles. The van der Waals surface area contributed by atoms with Crippen LogP contribution >= 0.6 is 0 Å². The van der Waals surface area contributed by atoms with Crippen LogP contribution in [0.3, 0.4) is 0 Å². The van der Waals surface area contributed by atoms with Gasteiger partial charge in [-0.2, -0.15) is 0 Å². The molecule has 3 N–H and O–H groups in total. The van der Waals surface area contributed by atoms with E-state index >= 15 is 0 Å². The first-order valence-electron chi connectivity index (χ1n) is 12.5. The topological polar surface area (TPSA) is 65.7 Å². The van der Waals surface area contributed by atoms with Crippen molar-refractivity contribution in [2.45, 2.75) is 37.6 Å². The molecule has 0 spiro atoms. The number of ether oxygens (including phenoxy) is 3. The molecule has 6 heteroatoms. The van der Waals surface area contributed by atoms with E-state index in [1.165, 1.54) is 28.8 Å². The summed E-state index contributed by atoms with van der Waals surface area (Å²) in [5.41, 5.74) is 9.97. The Morgan fingerprint density at radius 3 is 2.60 bits per heavy atom. The standard InChI is InChI=1S/C19H20FNO3.C10H13N/c20-15-3-1-13(2-4-15)17-7-8-21-10-14(17)11-22-16-5-6-18-19(9-16)24-12-23-18;11-10-6-5-8-3-1-2-4-9(8)7-10/h1-6,9,14,17,21H,7-8,10-12H2;1-4,10H,5-7,11H2/t14-,17-;/m0./s1. The predicted octanol–water partition coefficient (Wildman–Crippen LogP) is 4.83. The van der Waals surface area contributed by atoms with Crippen LogP contribution in [0.25, 0.3) is 0 Å². The number of aryl methyl sites for hydroxylation is 1. The van der Waals surface area contributed by atoms with Crippen molar-refractivity contribution in [2.75, 3.05) is 26.5 Å². The molecule has 0 saturated carbocycles. The minimum atomic E-state index is -0.194. The third-order valence-corrected chi connectivity index (χ3v) is 7.10. The summed E-state index contributed by atoms with van der Waals surface area (Å²) in [5, 5.41) is 3.43. The molecule has 0 aromatic heterocycles. The maximum absolute atomic E-state index is 13.2. The van der Waals surface area contributed by atoms with E-state index < -0.39 is 0 Å². The van der Waals surface area contributed by atoms with Crippen molar-refractivity contribution in [3.63, 3.8) is 0 Å². The van der Waals surface area contributed by atoms with Gasteiger partial charge in [0.05, 0.1) is 6.61 Å². The van der Waals surface area contributed by atoms with Gasteiger partial charge in [-0.1, -0.05) is 36.4 Å². The van der Waals surface area contributed by atoms with Gasteiger partial charge in [-0.25, -0.2) is 4.39 Å². The van der Waals surface area contributed by atoms with E-state index in [2.05, 4.69) is 29.6 Å². The fourth-order valence-electron chi connectivity index (χ4n) is 5.14. The molecule has 0 bridgehead atoms. The molecule has 1 saturated heterocycles. The summed E-state index contributed by atoms with van der Waals surface area (Å²) in [4.78, 5) is 0. The minimum absolute atomic E-state index is 0.194. The summed E-state index contributed by atoms with van der Waals surface area (Å²) in [6.07, 6.45) is 4.41. The lowest BCUT2D eigenvalue weighted by atomic mass is 9.81. The second-order valence-corrected chi connectivity index (χ2v) is 9.51. The average Bonchev–Trinajstić information content (AvgIpc) is 3.37. The largest absolute Gasteiger partial charge is 0.493 e. The van der Waals surface area contributed by atoms with Crippen LogP contribution in [0.5, 0.6) is 17.2 Å². The van der Waals surface area contributed by atoms with Crippen molar-refractivity contribution in [1.29, 1.82) is 0 Å². The van der Waals surface area contributed by atoms with E-state index in [9.17, 15) is 4.39 Å². The molecule has 35 heavy (non-hydrogen) atoms. The van der Waals surface area contributed by atoms with Gasteiger partial charge < -0.3 is 25.3 Å². The molecule has 6 rings (SSSR count). The van der Waals surface area contributed by atoms with E-state index in [0.717, 1.165) is 56.0 Å². The van der Waals surface area contributed by atoms with E-state index in [-0.39, 0.29) is 12.6 Å². The molecular formula is C29H33FN2O3. The molecule has 3 atom stereocenters. The van der Waals surface area contributed by atoms with Crippen LogP contribution in [-0.2, 0) is 12.8 Å². The quantitative estimate of drug-likeness (QED) is 0.565. The number of nitrogens with two attached hydrogens (primary N) is 1. The lowest BCUT2D eigenvalue weighted by molar-refractivity contribution is 0.173. The second-order valence-electron chi connectivity index (χ2n) is 9.51. The van der Waals surface area contributed by atoms with Crippen molar-refractivity contribution in [3.8, 4) is 17.2 Å². The predicted molar refractivity (Wildman–Crippen MR) is 135 cm³/mol. The summed E-state index contributed by atoms with van der Waals surface area (Å²) in [6, 6.07) is 21.5. The zero-order chi connectivity index (χ0) is 24.0. The Hall–Kier alpha value is -3.09. The highest BCUT2D eigenvalue weighted by atomic mass is 19.1. The van der Waals surface area contributed by atoms with E-state index in [1.807, 2.05) is 30.3 Å². The highest BCUT2D eigenvalue weighted by Crippen LogP contribution is 2.36. The number of hydrogen-bond donors (Lipinski definition) is 2. The highest BCUT2D eigenvalue weighted by Gasteiger charge is 2.27. The van der Waals surface area contributed by atoms with Crippen molar-refractivity contribution in [2.24, 2.45) is 11.7 Å².